The molecule has 0 bridgehead atoms. The summed E-state index contributed by atoms with van der Waals surface area (Å²) < 4.78 is 0. The molecule has 16 heavy (non-hydrogen) atoms. The highest BCUT2D eigenvalue weighted by Gasteiger charge is 2.20. The summed E-state index contributed by atoms with van der Waals surface area (Å²) in [5.74, 6) is 1.16. The molecule has 0 amide bonds. The fraction of sp³-hybridized carbons (Fsp3) is 0.500. The highest BCUT2D eigenvalue weighted by atomic mass is 35.5. The molecule has 1 fully saturated rings. The van der Waals surface area contributed by atoms with Crippen LogP contribution in [0.3, 0.4) is 0 Å². The van der Waals surface area contributed by atoms with Crippen molar-refractivity contribution in [2.24, 2.45) is 5.73 Å². The lowest BCUT2D eigenvalue weighted by Gasteiger charge is -2.34. The smallest absolute Gasteiger partial charge is 0.0642 e. The number of rotatable bonds is 2. The van der Waals surface area contributed by atoms with Crippen molar-refractivity contribution < 1.29 is 0 Å². The Bertz CT molecular complexity index is 370. The lowest BCUT2D eigenvalue weighted by molar-refractivity contribution is 0.776. The third-order valence-electron chi connectivity index (χ3n) is 2.85. The number of hydrogen-bond acceptors (Lipinski definition) is 3. The molecule has 2 nitrogen and oxygen atoms in total. The maximum absolute atomic E-state index is 6.29. The molecule has 1 heterocycles. The van der Waals surface area contributed by atoms with Crippen LogP contribution in [0.4, 0.5) is 5.69 Å². The summed E-state index contributed by atoms with van der Waals surface area (Å²) in [6, 6.07) is 5.98. The zero-order valence-corrected chi connectivity index (χ0v) is 11.0. The quantitative estimate of drug-likeness (QED) is 0.882. The molecule has 1 aliphatic rings. The molecule has 0 aromatic heterocycles. The molecule has 0 saturated carbocycles. The number of anilines is 1. The second kappa shape index (κ2) is 5.30. The predicted octanol–water partition coefficient (Wildman–Crippen LogP) is 2.74. The number of nitrogens with zero attached hydrogens (tertiary/aromatic N) is 1. The first kappa shape index (κ1) is 12.1. The second-order valence-electron chi connectivity index (χ2n) is 4.08. The predicted molar refractivity (Wildman–Crippen MR) is 73.5 cm³/mol. The summed E-state index contributed by atoms with van der Waals surface area (Å²) in [5, 5.41) is 1.48. The largest absolute Gasteiger partial charge is 0.368 e. The van der Waals surface area contributed by atoms with Crippen LogP contribution in [-0.4, -0.2) is 24.1 Å². The fourth-order valence-corrected chi connectivity index (χ4v) is 3.43. The minimum absolute atomic E-state index is 0.550. The number of halogens is 1. The third kappa shape index (κ3) is 2.47. The zero-order chi connectivity index (χ0) is 11.5. The molecule has 1 aliphatic heterocycles. The monoisotopic (exact) mass is 256 g/mol. The van der Waals surface area contributed by atoms with E-state index in [1.165, 1.54) is 0 Å². The third-order valence-corrected chi connectivity index (χ3v) is 4.29. The lowest BCUT2D eigenvalue weighted by atomic mass is 10.1. The maximum Gasteiger partial charge on any atom is 0.0642 e. The molecule has 0 aliphatic carbocycles. The Morgan fingerprint density at radius 2 is 2.38 bits per heavy atom. The first-order valence-corrected chi connectivity index (χ1v) is 6.99. The van der Waals surface area contributed by atoms with Crippen molar-refractivity contribution in [1.82, 2.24) is 0 Å². The van der Waals surface area contributed by atoms with Crippen molar-refractivity contribution >= 4 is 29.1 Å². The number of hydrogen-bond donors (Lipinski definition) is 1. The molecule has 4 heteroatoms. The number of nitrogens with two attached hydrogens (primary N) is 1. The second-order valence-corrected chi connectivity index (χ2v) is 6.03. The van der Waals surface area contributed by atoms with Crippen LogP contribution >= 0.6 is 23.4 Å². The first-order valence-electron chi connectivity index (χ1n) is 5.56. The Morgan fingerprint density at radius 1 is 1.56 bits per heavy atom. The maximum atomic E-state index is 6.29. The standard InChI is InChI=1S/C12H17ClN2S/c1-9-8-15(5-6-16-9)12-10(7-14)3-2-4-11(12)13/h2-4,9H,5-8,14H2,1H3. The minimum atomic E-state index is 0.550. The summed E-state index contributed by atoms with van der Waals surface area (Å²) >= 11 is 8.30. The van der Waals surface area contributed by atoms with Gasteiger partial charge in [-0.25, -0.2) is 0 Å². The molecule has 0 radical (unpaired) electrons. The number of benzene rings is 1. The van der Waals surface area contributed by atoms with Gasteiger partial charge in [0.2, 0.25) is 0 Å². The summed E-state index contributed by atoms with van der Waals surface area (Å²) in [5.41, 5.74) is 8.05. The molecule has 2 N–H and O–H groups in total. The average Bonchev–Trinajstić information content (AvgIpc) is 2.28. The van der Waals surface area contributed by atoms with Gasteiger partial charge in [0, 0.05) is 30.6 Å². The van der Waals surface area contributed by atoms with Gasteiger partial charge in [0.1, 0.15) is 0 Å². The van der Waals surface area contributed by atoms with Crippen molar-refractivity contribution in [3.63, 3.8) is 0 Å². The molecular weight excluding hydrogens is 240 g/mol. The van der Waals surface area contributed by atoms with Crippen LogP contribution in [0.15, 0.2) is 18.2 Å². The average molecular weight is 257 g/mol. The van der Waals surface area contributed by atoms with Gasteiger partial charge in [0.25, 0.3) is 0 Å². The van der Waals surface area contributed by atoms with Gasteiger partial charge >= 0.3 is 0 Å². The summed E-state index contributed by atoms with van der Waals surface area (Å²) in [4.78, 5) is 2.37. The van der Waals surface area contributed by atoms with Crippen molar-refractivity contribution in [2.75, 3.05) is 23.7 Å². The van der Waals surface area contributed by atoms with Gasteiger partial charge in [-0.05, 0) is 11.6 Å². The normalized spacial score (nSPS) is 21.2. The summed E-state index contributed by atoms with van der Waals surface area (Å²) in [6.07, 6.45) is 0. The summed E-state index contributed by atoms with van der Waals surface area (Å²) in [7, 11) is 0. The van der Waals surface area contributed by atoms with Crippen molar-refractivity contribution in [2.45, 2.75) is 18.7 Å². The van der Waals surface area contributed by atoms with Gasteiger partial charge < -0.3 is 10.6 Å². The Hall–Kier alpha value is -0.380. The van der Waals surface area contributed by atoms with Gasteiger partial charge in [-0.15, -0.1) is 0 Å². The highest BCUT2D eigenvalue weighted by Crippen LogP contribution is 2.32. The Balaban J connectivity index is 2.30. The van der Waals surface area contributed by atoms with Crippen LogP contribution in [-0.2, 0) is 6.54 Å². The first-order chi connectivity index (χ1) is 7.72. The van der Waals surface area contributed by atoms with E-state index >= 15 is 0 Å². The molecule has 2 rings (SSSR count). The van der Waals surface area contributed by atoms with Gasteiger partial charge in [0.15, 0.2) is 0 Å². The zero-order valence-electron chi connectivity index (χ0n) is 9.45. The van der Waals surface area contributed by atoms with Gasteiger partial charge in [-0.3, -0.25) is 0 Å². The van der Waals surface area contributed by atoms with E-state index in [2.05, 4.69) is 17.9 Å². The van der Waals surface area contributed by atoms with Crippen molar-refractivity contribution in [3.05, 3.63) is 28.8 Å². The number of para-hydroxylation sites is 1. The lowest BCUT2D eigenvalue weighted by Crippen LogP contribution is -2.37. The van der Waals surface area contributed by atoms with E-state index in [-0.39, 0.29) is 0 Å². The van der Waals surface area contributed by atoms with Crippen LogP contribution in [0, 0.1) is 0 Å². The van der Waals surface area contributed by atoms with Crippen LogP contribution in [0.2, 0.25) is 5.02 Å². The van der Waals surface area contributed by atoms with E-state index in [0.717, 1.165) is 35.1 Å². The molecule has 1 aromatic rings. The van der Waals surface area contributed by atoms with Gasteiger partial charge in [-0.1, -0.05) is 30.7 Å². The minimum Gasteiger partial charge on any atom is -0.368 e. The Kier molecular flexibility index (Phi) is 4.00. The molecular formula is C12H17ClN2S. The Morgan fingerprint density at radius 3 is 3.06 bits per heavy atom. The fourth-order valence-electron chi connectivity index (χ4n) is 2.10. The van der Waals surface area contributed by atoms with Gasteiger partial charge in [-0.2, -0.15) is 11.8 Å². The van der Waals surface area contributed by atoms with E-state index in [4.69, 9.17) is 17.3 Å². The topological polar surface area (TPSA) is 29.3 Å². The van der Waals surface area contributed by atoms with Crippen molar-refractivity contribution in [1.29, 1.82) is 0 Å². The highest BCUT2D eigenvalue weighted by molar-refractivity contribution is 8.00. The molecule has 0 spiro atoms. The van der Waals surface area contributed by atoms with Crippen LogP contribution in [0.25, 0.3) is 0 Å². The van der Waals surface area contributed by atoms with Crippen LogP contribution in [0.5, 0.6) is 0 Å². The SMILES string of the molecule is CC1CN(c2c(Cl)cccc2CN)CCS1. The van der Waals surface area contributed by atoms with E-state index in [1.807, 2.05) is 23.9 Å². The van der Waals surface area contributed by atoms with Crippen LogP contribution < -0.4 is 10.6 Å². The van der Waals surface area contributed by atoms with Crippen LogP contribution in [0.1, 0.15) is 12.5 Å². The van der Waals surface area contributed by atoms with Gasteiger partial charge in [0.05, 0.1) is 10.7 Å². The van der Waals surface area contributed by atoms with E-state index in [0.29, 0.717) is 11.8 Å². The van der Waals surface area contributed by atoms with Crippen molar-refractivity contribution in [3.8, 4) is 0 Å². The number of thioether (sulfide) groups is 1. The molecule has 1 aromatic carbocycles. The molecule has 1 atom stereocenters. The Labute approximate surface area is 106 Å². The molecule has 1 unspecified atom stereocenters. The van der Waals surface area contributed by atoms with E-state index < -0.39 is 0 Å². The molecule has 1 saturated heterocycles. The summed E-state index contributed by atoms with van der Waals surface area (Å²) in [6.45, 7) is 4.93. The van der Waals surface area contributed by atoms with E-state index in [1.54, 1.807) is 0 Å². The van der Waals surface area contributed by atoms with E-state index in [9.17, 15) is 0 Å². The molecule has 88 valence electrons.